The van der Waals surface area contributed by atoms with E-state index >= 15 is 0 Å². The molecule has 1 aliphatic heterocycles. The van der Waals surface area contributed by atoms with Gasteiger partial charge in [-0.15, -0.1) is 0 Å². The molecule has 1 aromatic heterocycles. The molecular weight excluding hydrogens is 416 g/mol. The molecule has 0 radical (unpaired) electrons. The molecule has 0 saturated carbocycles. The predicted molar refractivity (Wildman–Crippen MR) is 103 cm³/mol. The first kappa shape index (κ1) is 20.6. The highest BCUT2D eigenvalue weighted by atomic mass is 16.7. The Labute approximate surface area is 173 Å². The van der Waals surface area contributed by atoms with Crippen LogP contribution in [0.1, 0.15) is 6.42 Å². The van der Waals surface area contributed by atoms with Crippen LogP contribution >= 0.6 is 0 Å². The Morgan fingerprint density at radius 2 is 1.61 bits per heavy atom. The molecule has 0 aliphatic carbocycles. The van der Waals surface area contributed by atoms with Gasteiger partial charge in [0.05, 0.1) is 12.7 Å². The molecule has 3 atom stereocenters. The van der Waals surface area contributed by atoms with E-state index < -0.39 is 58.4 Å². The first-order valence-electron chi connectivity index (χ1n) is 9.08. The van der Waals surface area contributed by atoms with Crippen LogP contribution in [0, 0.1) is 0 Å². The Balaban J connectivity index is 1.95. The predicted octanol–water partition coefficient (Wildman–Crippen LogP) is 0.835. The number of hydrogen-bond acceptors (Lipinski definition) is 11. The number of ether oxygens (including phenoxy) is 2. The number of aromatic hydroxyl groups is 5. The maximum absolute atomic E-state index is 13.1. The van der Waals surface area contributed by atoms with Crippen LogP contribution in [0.5, 0.6) is 34.5 Å². The summed E-state index contributed by atoms with van der Waals surface area (Å²) < 4.78 is 16.4. The number of aliphatic hydroxyl groups excluding tert-OH is 2. The Bertz CT molecular complexity index is 1190. The van der Waals surface area contributed by atoms with Crippen LogP contribution < -0.4 is 10.2 Å². The summed E-state index contributed by atoms with van der Waals surface area (Å²) in [5.74, 6) is -4.14. The van der Waals surface area contributed by atoms with Crippen LogP contribution in [0.4, 0.5) is 0 Å². The second-order valence-electron chi connectivity index (χ2n) is 7.07. The third-order valence-corrected chi connectivity index (χ3v) is 4.76. The lowest BCUT2D eigenvalue weighted by atomic mass is 10.1. The minimum Gasteiger partial charge on any atom is -0.508 e. The maximum Gasteiger partial charge on any atom is 0.239 e. The highest BCUT2D eigenvalue weighted by Crippen LogP contribution is 2.42. The van der Waals surface area contributed by atoms with Gasteiger partial charge in [-0.05, 0) is 12.1 Å². The Hall–Kier alpha value is -3.67. The van der Waals surface area contributed by atoms with E-state index in [1.165, 1.54) is 0 Å². The van der Waals surface area contributed by atoms with Crippen molar-refractivity contribution in [2.24, 2.45) is 0 Å². The molecule has 3 aromatic rings. The number of rotatable bonds is 3. The molecule has 1 saturated heterocycles. The topological polar surface area (TPSA) is 190 Å². The lowest BCUT2D eigenvalue weighted by molar-refractivity contribution is -0.199. The molecule has 2 aromatic carbocycles. The molecule has 4 rings (SSSR count). The van der Waals surface area contributed by atoms with Gasteiger partial charge in [-0.3, -0.25) is 4.79 Å². The molecule has 0 spiro atoms. The molecule has 1 fully saturated rings. The summed E-state index contributed by atoms with van der Waals surface area (Å²) in [7, 11) is 0. The minimum absolute atomic E-state index is 0.0845. The lowest BCUT2D eigenvalue weighted by Gasteiger charge is -2.31. The fraction of sp³-hybridized carbons (Fsp3) is 0.250. The lowest BCUT2D eigenvalue weighted by Crippen LogP contribution is -2.44. The fourth-order valence-electron chi connectivity index (χ4n) is 3.30. The number of fused-ring (bicyclic) bond motifs is 1. The number of hydrogen-bond donors (Lipinski definition) is 7. The van der Waals surface area contributed by atoms with Crippen molar-refractivity contribution in [3.63, 3.8) is 0 Å². The summed E-state index contributed by atoms with van der Waals surface area (Å²) in [6.45, 7) is -0.171. The molecule has 0 unspecified atom stereocenters. The zero-order valence-electron chi connectivity index (χ0n) is 15.7. The van der Waals surface area contributed by atoms with E-state index in [4.69, 9.17) is 13.9 Å². The van der Waals surface area contributed by atoms with Crippen molar-refractivity contribution in [3.05, 3.63) is 34.5 Å². The smallest absolute Gasteiger partial charge is 0.239 e. The maximum atomic E-state index is 13.1. The monoisotopic (exact) mass is 434 g/mol. The van der Waals surface area contributed by atoms with E-state index in [0.717, 1.165) is 24.3 Å². The summed E-state index contributed by atoms with van der Waals surface area (Å²) >= 11 is 0. The number of phenolic OH excluding ortho intramolecular Hbond substituents is 5. The van der Waals surface area contributed by atoms with Crippen molar-refractivity contribution in [1.29, 1.82) is 0 Å². The van der Waals surface area contributed by atoms with Crippen molar-refractivity contribution in [1.82, 2.24) is 0 Å². The Morgan fingerprint density at radius 1 is 0.935 bits per heavy atom. The van der Waals surface area contributed by atoms with Crippen molar-refractivity contribution < 1.29 is 49.6 Å². The van der Waals surface area contributed by atoms with Crippen molar-refractivity contribution in [3.8, 4) is 45.8 Å². The zero-order valence-corrected chi connectivity index (χ0v) is 15.7. The summed E-state index contributed by atoms with van der Waals surface area (Å²) in [6.07, 6.45) is -3.69. The van der Waals surface area contributed by atoms with Gasteiger partial charge in [0.2, 0.25) is 17.5 Å². The van der Waals surface area contributed by atoms with Crippen LogP contribution in [-0.4, -0.2) is 60.9 Å². The van der Waals surface area contributed by atoms with Gasteiger partial charge in [0, 0.05) is 24.1 Å². The van der Waals surface area contributed by atoms with Gasteiger partial charge < -0.3 is 49.6 Å². The Kier molecular flexibility index (Phi) is 5.01. The van der Waals surface area contributed by atoms with Crippen LogP contribution in [0.3, 0.4) is 0 Å². The van der Waals surface area contributed by atoms with Gasteiger partial charge in [-0.25, -0.2) is 0 Å². The molecule has 7 N–H and O–H groups in total. The third kappa shape index (κ3) is 3.65. The molecule has 11 nitrogen and oxygen atoms in total. The van der Waals surface area contributed by atoms with Crippen LogP contribution in [0.25, 0.3) is 22.3 Å². The van der Waals surface area contributed by atoms with E-state index in [2.05, 4.69) is 0 Å². The average Bonchev–Trinajstić information content (AvgIpc) is 2.68. The van der Waals surface area contributed by atoms with Gasteiger partial charge in [-0.2, -0.15) is 0 Å². The van der Waals surface area contributed by atoms with E-state index in [9.17, 15) is 40.5 Å². The molecule has 0 amide bonds. The summed E-state index contributed by atoms with van der Waals surface area (Å²) in [5.41, 5.74) is -1.24. The standard InChI is InChI=1S/C20H18O11/c21-8-3-10(23)15-14(5-8)30-18(7-1-11(24)16(27)12(25)2-7)19(17(15)28)31-20-13(26)4-9(22)6-29-20/h1-3,5,9,13,20-27H,4,6H2/t9-,13+,20-/m0/s1. The molecule has 2 heterocycles. The van der Waals surface area contributed by atoms with Crippen LogP contribution in [0.2, 0.25) is 0 Å². The van der Waals surface area contributed by atoms with Gasteiger partial charge >= 0.3 is 0 Å². The van der Waals surface area contributed by atoms with Crippen LogP contribution in [0.15, 0.2) is 33.5 Å². The van der Waals surface area contributed by atoms with Crippen molar-refractivity contribution >= 4 is 11.0 Å². The van der Waals surface area contributed by atoms with E-state index in [1.807, 2.05) is 0 Å². The quantitative estimate of drug-likeness (QED) is 0.289. The zero-order chi connectivity index (χ0) is 22.4. The normalized spacial score (nSPS) is 21.3. The molecular formula is C20H18O11. The molecule has 31 heavy (non-hydrogen) atoms. The average molecular weight is 434 g/mol. The van der Waals surface area contributed by atoms with Gasteiger partial charge in [-0.1, -0.05) is 0 Å². The van der Waals surface area contributed by atoms with Gasteiger partial charge in [0.15, 0.2) is 23.0 Å². The first-order valence-corrected chi connectivity index (χ1v) is 9.08. The largest absolute Gasteiger partial charge is 0.508 e. The Morgan fingerprint density at radius 3 is 2.26 bits per heavy atom. The number of phenols is 5. The molecule has 11 heteroatoms. The number of aliphatic hydroxyl groups is 2. The van der Waals surface area contributed by atoms with E-state index in [1.54, 1.807) is 0 Å². The minimum atomic E-state index is -1.37. The van der Waals surface area contributed by atoms with Gasteiger partial charge in [0.1, 0.15) is 28.6 Å². The van der Waals surface area contributed by atoms with E-state index in [-0.39, 0.29) is 35.3 Å². The van der Waals surface area contributed by atoms with Crippen LogP contribution in [-0.2, 0) is 4.74 Å². The molecule has 0 bridgehead atoms. The number of benzene rings is 2. The SMILES string of the molecule is O=c1c(O[C@@H]2OC[C@@H](O)C[C@H]2O)c(-c2cc(O)c(O)c(O)c2)oc2cc(O)cc(O)c12. The third-order valence-electron chi connectivity index (χ3n) is 4.76. The molecule has 1 aliphatic rings. The summed E-state index contributed by atoms with van der Waals surface area (Å²) in [4.78, 5) is 13.1. The first-order chi connectivity index (χ1) is 14.7. The fourth-order valence-corrected chi connectivity index (χ4v) is 3.30. The van der Waals surface area contributed by atoms with Crippen molar-refractivity contribution in [2.45, 2.75) is 24.9 Å². The molecule has 164 valence electrons. The second-order valence-corrected chi connectivity index (χ2v) is 7.07. The highest BCUT2D eigenvalue weighted by Gasteiger charge is 2.33. The second kappa shape index (κ2) is 7.54. The summed E-state index contributed by atoms with van der Waals surface area (Å²) in [6, 6.07) is 3.95. The highest BCUT2D eigenvalue weighted by molar-refractivity contribution is 5.88. The van der Waals surface area contributed by atoms with Gasteiger partial charge in [0.25, 0.3) is 0 Å². The summed E-state index contributed by atoms with van der Waals surface area (Å²) in [5, 5.41) is 68.6. The van der Waals surface area contributed by atoms with Crippen molar-refractivity contribution in [2.75, 3.05) is 6.61 Å². The van der Waals surface area contributed by atoms with E-state index in [0.29, 0.717) is 0 Å².